The molecule has 4 rings (SSSR count). The minimum atomic E-state index is 0.00131. The van der Waals surface area contributed by atoms with Gasteiger partial charge in [0.15, 0.2) is 5.75 Å². The van der Waals surface area contributed by atoms with Crippen molar-refractivity contribution in [1.82, 2.24) is 9.55 Å². The summed E-state index contributed by atoms with van der Waals surface area (Å²) in [5.74, 6) is 0.867. The van der Waals surface area contributed by atoms with E-state index < -0.39 is 0 Å². The number of aryl methyl sites for hydroxylation is 1. The number of nitrogens with zero attached hydrogens (tertiary/aromatic N) is 2. The summed E-state index contributed by atoms with van der Waals surface area (Å²) in [5.41, 5.74) is 4.38. The second kappa shape index (κ2) is 5.29. The van der Waals surface area contributed by atoms with E-state index in [0.717, 1.165) is 28.0 Å². The minimum absolute atomic E-state index is 0.00131. The average molecular weight is 299 g/mol. The van der Waals surface area contributed by atoms with Crippen molar-refractivity contribution in [2.45, 2.75) is 0 Å². The van der Waals surface area contributed by atoms with Crippen molar-refractivity contribution in [3.8, 4) is 28.3 Å². The van der Waals surface area contributed by atoms with Crippen LogP contribution < -0.4 is 0 Å². The zero-order valence-corrected chi connectivity index (χ0v) is 12.7. The molecular formula is C20H15N2O. The highest BCUT2D eigenvalue weighted by atomic mass is 16.3. The van der Waals surface area contributed by atoms with Gasteiger partial charge in [0, 0.05) is 24.2 Å². The fourth-order valence-electron chi connectivity index (χ4n) is 2.91. The first-order valence-electron chi connectivity index (χ1n) is 7.52. The molecule has 1 aromatic heterocycles. The van der Waals surface area contributed by atoms with Gasteiger partial charge in [-0.15, -0.1) is 0 Å². The second-order valence-corrected chi connectivity index (χ2v) is 5.56. The van der Waals surface area contributed by atoms with E-state index in [9.17, 15) is 5.11 Å². The van der Waals surface area contributed by atoms with Gasteiger partial charge in [-0.2, -0.15) is 0 Å². The number of hydrogen-bond acceptors (Lipinski definition) is 1. The Balaban J connectivity index is 1.94. The molecule has 0 aliphatic rings. The first-order chi connectivity index (χ1) is 11.2. The molecule has 0 N–H and O–H groups in total. The van der Waals surface area contributed by atoms with E-state index in [0.29, 0.717) is 5.56 Å². The Kier molecular flexibility index (Phi) is 3.12. The van der Waals surface area contributed by atoms with Gasteiger partial charge in [0.2, 0.25) is 0 Å². The van der Waals surface area contributed by atoms with Crippen LogP contribution in [0, 0.1) is 0 Å². The fraction of sp³-hybridized carbons (Fsp3) is 0.0500. The molecule has 3 aromatic carbocycles. The van der Waals surface area contributed by atoms with E-state index in [4.69, 9.17) is 0 Å². The Bertz CT molecular complexity index is 973. The smallest absolute Gasteiger partial charge is 0.188 e. The topological polar surface area (TPSA) is 37.7 Å². The fourth-order valence-corrected chi connectivity index (χ4v) is 2.91. The van der Waals surface area contributed by atoms with Crippen molar-refractivity contribution in [2.24, 2.45) is 7.05 Å². The summed E-state index contributed by atoms with van der Waals surface area (Å²) in [5, 5.41) is 12.4. The van der Waals surface area contributed by atoms with E-state index in [2.05, 4.69) is 4.98 Å². The van der Waals surface area contributed by atoms with Crippen LogP contribution in [0.3, 0.4) is 0 Å². The monoisotopic (exact) mass is 299 g/mol. The molecule has 1 radical (unpaired) electrons. The summed E-state index contributed by atoms with van der Waals surface area (Å²) >= 11 is 0. The summed E-state index contributed by atoms with van der Waals surface area (Å²) < 4.78 is 2.04. The lowest BCUT2D eigenvalue weighted by molar-refractivity contribution is 0.357. The highest BCUT2D eigenvalue weighted by molar-refractivity contribution is 5.88. The lowest BCUT2D eigenvalue weighted by atomic mass is 10.0. The maximum absolute atomic E-state index is 12.4. The lowest BCUT2D eigenvalue weighted by Crippen LogP contribution is -1.92. The Morgan fingerprint density at radius 1 is 0.826 bits per heavy atom. The zero-order chi connectivity index (χ0) is 15.8. The third-order valence-corrected chi connectivity index (χ3v) is 4.10. The molecule has 3 heteroatoms. The van der Waals surface area contributed by atoms with Gasteiger partial charge < -0.3 is 4.57 Å². The van der Waals surface area contributed by atoms with Crippen LogP contribution in [-0.2, 0) is 12.2 Å². The number of hydrogen-bond donors (Lipinski definition) is 0. The zero-order valence-electron chi connectivity index (χ0n) is 12.7. The van der Waals surface area contributed by atoms with Gasteiger partial charge in [0.1, 0.15) is 5.82 Å². The van der Waals surface area contributed by atoms with Gasteiger partial charge in [-0.05, 0) is 11.6 Å². The predicted octanol–water partition coefficient (Wildman–Crippen LogP) is 5.05. The second-order valence-electron chi connectivity index (χ2n) is 5.56. The van der Waals surface area contributed by atoms with Crippen LogP contribution >= 0.6 is 0 Å². The summed E-state index contributed by atoms with van der Waals surface area (Å²) in [6, 6.07) is 23.3. The molecule has 111 valence electrons. The highest BCUT2D eigenvalue weighted by Crippen LogP contribution is 2.35. The Hall–Kier alpha value is -3.07. The molecule has 0 saturated heterocycles. The van der Waals surface area contributed by atoms with Gasteiger partial charge in [-0.1, -0.05) is 60.7 Å². The Morgan fingerprint density at radius 2 is 1.43 bits per heavy atom. The number of benzene rings is 3. The maximum Gasteiger partial charge on any atom is 0.188 e. The standard InChI is InChI=1S/C20H15N2O/c1-22-18-12-16(14-8-4-2-5-9-14)19(23)13-17(18)21-20(22)15-10-6-3-7-11-15/h2-13H,1H3. The summed E-state index contributed by atoms with van der Waals surface area (Å²) in [6.45, 7) is 0. The Morgan fingerprint density at radius 3 is 2.09 bits per heavy atom. The van der Waals surface area contributed by atoms with Crippen LogP contribution in [0.15, 0.2) is 72.8 Å². The molecule has 0 atom stereocenters. The molecule has 0 amide bonds. The number of rotatable bonds is 2. The first-order valence-corrected chi connectivity index (χ1v) is 7.52. The molecule has 4 aromatic rings. The van der Waals surface area contributed by atoms with Crippen LogP contribution in [0.2, 0.25) is 0 Å². The summed E-state index contributed by atoms with van der Waals surface area (Å²) in [6.07, 6.45) is 0. The van der Waals surface area contributed by atoms with Gasteiger partial charge >= 0.3 is 0 Å². The predicted molar refractivity (Wildman–Crippen MR) is 91.7 cm³/mol. The lowest BCUT2D eigenvalue weighted by Gasteiger charge is -2.05. The molecule has 23 heavy (non-hydrogen) atoms. The maximum atomic E-state index is 12.4. The van der Waals surface area contributed by atoms with Crippen molar-refractivity contribution in [2.75, 3.05) is 0 Å². The van der Waals surface area contributed by atoms with Crippen LogP contribution in [0.25, 0.3) is 33.5 Å². The molecule has 1 heterocycles. The molecule has 0 aliphatic heterocycles. The molecule has 0 fully saturated rings. The molecule has 0 bridgehead atoms. The van der Waals surface area contributed by atoms with Crippen LogP contribution in [-0.4, -0.2) is 9.55 Å². The SMILES string of the molecule is Cn1c(-c2ccccc2)nc2cc([O])c(-c3ccccc3)cc21. The van der Waals surface area contributed by atoms with Crippen molar-refractivity contribution in [3.05, 3.63) is 72.8 Å². The molecule has 0 saturated carbocycles. The highest BCUT2D eigenvalue weighted by Gasteiger charge is 2.14. The number of fused-ring (bicyclic) bond motifs is 1. The van der Waals surface area contributed by atoms with Crippen molar-refractivity contribution >= 4 is 11.0 Å². The largest absolute Gasteiger partial charge is 0.327 e. The number of imidazole rings is 1. The van der Waals surface area contributed by atoms with Crippen LogP contribution in [0.4, 0.5) is 0 Å². The average Bonchev–Trinajstić information content (AvgIpc) is 2.91. The van der Waals surface area contributed by atoms with Crippen LogP contribution in [0.5, 0.6) is 5.75 Å². The van der Waals surface area contributed by atoms with E-state index in [1.165, 1.54) is 0 Å². The molecular weight excluding hydrogens is 284 g/mol. The van der Waals surface area contributed by atoms with Crippen molar-refractivity contribution < 1.29 is 5.11 Å². The van der Waals surface area contributed by atoms with Crippen LogP contribution in [0.1, 0.15) is 0 Å². The van der Waals surface area contributed by atoms with Crippen molar-refractivity contribution in [1.29, 1.82) is 0 Å². The number of aromatic nitrogens is 2. The minimum Gasteiger partial charge on any atom is -0.327 e. The third-order valence-electron chi connectivity index (χ3n) is 4.10. The van der Waals surface area contributed by atoms with Crippen molar-refractivity contribution in [3.63, 3.8) is 0 Å². The van der Waals surface area contributed by atoms with E-state index in [1.54, 1.807) is 6.07 Å². The third kappa shape index (κ3) is 2.27. The van der Waals surface area contributed by atoms with E-state index >= 15 is 0 Å². The van der Waals surface area contributed by atoms with E-state index in [-0.39, 0.29) is 5.75 Å². The quantitative estimate of drug-likeness (QED) is 0.510. The molecule has 0 aliphatic carbocycles. The summed E-state index contributed by atoms with van der Waals surface area (Å²) in [7, 11) is 1.98. The Labute approximate surface area is 134 Å². The molecule has 0 unspecified atom stereocenters. The van der Waals surface area contributed by atoms with Gasteiger partial charge in [-0.25, -0.2) is 4.98 Å². The van der Waals surface area contributed by atoms with Gasteiger partial charge in [0.25, 0.3) is 0 Å². The molecule has 0 spiro atoms. The summed E-state index contributed by atoms with van der Waals surface area (Å²) in [4.78, 5) is 4.64. The molecule has 3 nitrogen and oxygen atoms in total. The van der Waals surface area contributed by atoms with Gasteiger partial charge in [-0.3, -0.25) is 5.11 Å². The normalized spacial score (nSPS) is 11.0. The van der Waals surface area contributed by atoms with Gasteiger partial charge in [0.05, 0.1) is 11.0 Å². The van der Waals surface area contributed by atoms with E-state index in [1.807, 2.05) is 78.3 Å². The first kappa shape index (κ1) is 13.6.